The van der Waals surface area contributed by atoms with Crippen molar-refractivity contribution in [1.82, 2.24) is 9.29 Å². The van der Waals surface area contributed by atoms with E-state index in [-0.39, 0.29) is 22.6 Å². The number of benzene rings is 1. The van der Waals surface area contributed by atoms with Gasteiger partial charge in [-0.25, -0.2) is 12.7 Å². The molecule has 0 unspecified atom stereocenters. The van der Waals surface area contributed by atoms with Gasteiger partial charge in [0, 0.05) is 32.8 Å². The van der Waals surface area contributed by atoms with Crippen molar-refractivity contribution in [2.24, 2.45) is 0 Å². The molecule has 2 heterocycles. The van der Waals surface area contributed by atoms with Crippen molar-refractivity contribution in [2.75, 3.05) is 32.6 Å². The van der Waals surface area contributed by atoms with Crippen LogP contribution in [0, 0.1) is 11.3 Å². The fraction of sp³-hybridized carbons (Fsp3) is 0.412. The fourth-order valence-electron chi connectivity index (χ4n) is 2.63. The number of hydrogen-bond acceptors (Lipinski definition) is 7. The van der Waals surface area contributed by atoms with Crippen molar-refractivity contribution < 1.29 is 17.6 Å². The summed E-state index contributed by atoms with van der Waals surface area (Å²) in [6.45, 7) is 1.30. The van der Waals surface area contributed by atoms with Crippen LogP contribution in [0.5, 0.6) is 0 Å². The summed E-state index contributed by atoms with van der Waals surface area (Å²) in [5.74, 6) is 0.549. The minimum Gasteiger partial charge on any atom is -0.419 e. The molecule has 0 amide bonds. The Kier molecular flexibility index (Phi) is 5.27. The van der Waals surface area contributed by atoms with Crippen molar-refractivity contribution in [2.45, 2.75) is 23.8 Å². The number of anilines is 1. The van der Waals surface area contributed by atoms with Crippen LogP contribution in [0.4, 0.5) is 5.88 Å². The molecule has 1 N–H and O–H groups in total. The quantitative estimate of drug-likeness (QED) is 0.822. The van der Waals surface area contributed by atoms with Gasteiger partial charge in [0.15, 0.2) is 0 Å². The van der Waals surface area contributed by atoms with E-state index < -0.39 is 10.0 Å². The molecule has 1 aliphatic heterocycles. The van der Waals surface area contributed by atoms with Crippen LogP contribution in [0.3, 0.4) is 0 Å². The molecular formula is C17H20N4O4S. The van der Waals surface area contributed by atoms with Gasteiger partial charge in [0.2, 0.25) is 27.5 Å². The fourth-order valence-corrected chi connectivity index (χ4v) is 3.53. The van der Waals surface area contributed by atoms with Gasteiger partial charge in [0.1, 0.15) is 6.07 Å². The molecule has 0 radical (unpaired) electrons. The van der Waals surface area contributed by atoms with E-state index in [1.54, 1.807) is 12.1 Å². The molecule has 2 aromatic rings. The van der Waals surface area contributed by atoms with Gasteiger partial charge in [-0.1, -0.05) is 0 Å². The Balaban J connectivity index is 1.80. The van der Waals surface area contributed by atoms with E-state index in [4.69, 9.17) is 9.15 Å². The molecule has 0 bridgehead atoms. The van der Waals surface area contributed by atoms with E-state index in [0.29, 0.717) is 18.0 Å². The van der Waals surface area contributed by atoms with Crippen molar-refractivity contribution in [3.63, 3.8) is 0 Å². The first-order chi connectivity index (χ1) is 12.4. The van der Waals surface area contributed by atoms with Gasteiger partial charge in [0.25, 0.3) is 0 Å². The zero-order chi connectivity index (χ0) is 18.7. The lowest BCUT2D eigenvalue weighted by molar-refractivity contribution is 0.120. The topological polar surface area (TPSA) is 108 Å². The highest BCUT2D eigenvalue weighted by Crippen LogP contribution is 2.27. The van der Waals surface area contributed by atoms with Crippen LogP contribution in [0.25, 0.3) is 11.5 Å². The Bertz CT molecular complexity index is 907. The average Bonchev–Trinajstić information content (AvgIpc) is 3.29. The van der Waals surface area contributed by atoms with E-state index in [1.807, 2.05) is 6.07 Å². The number of nitrogens with zero attached hydrogens (tertiary/aromatic N) is 3. The van der Waals surface area contributed by atoms with E-state index >= 15 is 0 Å². The molecular weight excluding hydrogens is 356 g/mol. The summed E-state index contributed by atoms with van der Waals surface area (Å²) in [6.07, 6.45) is 2.10. The zero-order valence-corrected chi connectivity index (χ0v) is 15.4. The Morgan fingerprint density at radius 1 is 1.35 bits per heavy atom. The minimum atomic E-state index is -3.50. The van der Waals surface area contributed by atoms with Gasteiger partial charge >= 0.3 is 0 Å². The van der Waals surface area contributed by atoms with Crippen molar-refractivity contribution >= 4 is 15.9 Å². The molecule has 0 aliphatic carbocycles. The van der Waals surface area contributed by atoms with E-state index in [2.05, 4.69) is 10.3 Å². The summed E-state index contributed by atoms with van der Waals surface area (Å²) in [5.41, 5.74) is 0.743. The van der Waals surface area contributed by atoms with Gasteiger partial charge in [-0.15, -0.1) is 0 Å². The molecule has 26 heavy (non-hydrogen) atoms. The summed E-state index contributed by atoms with van der Waals surface area (Å²) in [6, 6.07) is 8.18. The number of aromatic nitrogens is 1. The van der Waals surface area contributed by atoms with E-state index in [0.717, 1.165) is 23.8 Å². The monoisotopic (exact) mass is 376 g/mol. The normalized spacial score (nSPS) is 17.4. The summed E-state index contributed by atoms with van der Waals surface area (Å²) >= 11 is 0. The number of sulfonamides is 1. The van der Waals surface area contributed by atoms with Crippen LogP contribution in [-0.2, 0) is 14.8 Å². The number of nitrogens with one attached hydrogen (secondary N) is 1. The second kappa shape index (κ2) is 7.45. The van der Waals surface area contributed by atoms with Crippen molar-refractivity contribution in [3.8, 4) is 17.5 Å². The Morgan fingerprint density at radius 3 is 2.65 bits per heavy atom. The molecule has 1 atom stereocenters. The highest BCUT2D eigenvalue weighted by molar-refractivity contribution is 7.89. The largest absolute Gasteiger partial charge is 0.419 e. The summed E-state index contributed by atoms with van der Waals surface area (Å²) in [5, 5.41) is 12.3. The molecule has 1 saturated heterocycles. The molecule has 1 aromatic heterocycles. The first-order valence-electron chi connectivity index (χ1n) is 8.21. The third kappa shape index (κ3) is 3.72. The predicted octanol–water partition coefficient (Wildman–Crippen LogP) is 2.05. The number of nitriles is 1. The van der Waals surface area contributed by atoms with Crippen molar-refractivity contribution in [3.05, 3.63) is 30.0 Å². The Morgan fingerprint density at radius 2 is 2.08 bits per heavy atom. The van der Waals surface area contributed by atoms with Crippen molar-refractivity contribution in [1.29, 1.82) is 5.26 Å². The van der Waals surface area contributed by atoms with E-state index in [9.17, 15) is 13.7 Å². The van der Waals surface area contributed by atoms with Crippen LogP contribution >= 0.6 is 0 Å². The van der Waals surface area contributed by atoms with Gasteiger partial charge in [-0.05, 0) is 37.1 Å². The first kappa shape index (κ1) is 18.4. The summed E-state index contributed by atoms with van der Waals surface area (Å²) < 4.78 is 36.6. The summed E-state index contributed by atoms with van der Waals surface area (Å²) in [4.78, 5) is 4.36. The number of oxazole rings is 1. The molecule has 3 rings (SSSR count). The van der Waals surface area contributed by atoms with Crippen LogP contribution in [-0.4, -0.2) is 51.1 Å². The maximum Gasteiger partial charge on any atom is 0.242 e. The second-order valence-corrected chi connectivity index (χ2v) is 8.29. The maximum absolute atomic E-state index is 12.1. The molecule has 138 valence electrons. The molecule has 9 heteroatoms. The Labute approximate surface area is 152 Å². The number of hydrogen-bond donors (Lipinski definition) is 1. The third-order valence-corrected chi connectivity index (χ3v) is 5.96. The minimum absolute atomic E-state index is 0.102. The second-order valence-electron chi connectivity index (χ2n) is 6.14. The number of rotatable bonds is 6. The SMILES string of the molecule is CN(C)S(=O)(=O)c1ccc(-c2nc(C#N)c(NC[C@@H]3CCCO3)o2)cc1. The standard InChI is InChI=1S/C17H20N4O4S/c1-21(2)26(22,23)14-7-5-12(6-8-14)16-20-15(10-18)17(25-16)19-11-13-4-3-9-24-13/h5-8,13,19H,3-4,9,11H2,1-2H3/t13-/m0/s1. The molecule has 0 spiro atoms. The van der Waals surface area contributed by atoms with Crippen LogP contribution in [0.15, 0.2) is 33.6 Å². The van der Waals surface area contributed by atoms with E-state index in [1.165, 1.54) is 26.2 Å². The zero-order valence-electron chi connectivity index (χ0n) is 14.6. The Hall–Kier alpha value is -2.41. The average molecular weight is 376 g/mol. The lowest BCUT2D eigenvalue weighted by Gasteiger charge is -2.11. The lowest BCUT2D eigenvalue weighted by atomic mass is 10.2. The van der Waals surface area contributed by atoms with Crippen LogP contribution in [0.1, 0.15) is 18.5 Å². The lowest BCUT2D eigenvalue weighted by Crippen LogP contribution is -2.22. The molecule has 0 saturated carbocycles. The molecule has 1 aliphatic rings. The predicted molar refractivity (Wildman–Crippen MR) is 95.0 cm³/mol. The van der Waals surface area contributed by atoms with Gasteiger partial charge in [0.05, 0.1) is 11.0 Å². The smallest absolute Gasteiger partial charge is 0.242 e. The molecule has 1 aromatic carbocycles. The highest BCUT2D eigenvalue weighted by atomic mass is 32.2. The maximum atomic E-state index is 12.1. The third-order valence-electron chi connectivity index (χ3n) is 4.13. The van der Waals surface area contributed by atoms with Gasteiger partial charge in [-0.3, -0.25) is 0 Å². The number of ether oxygens (including phenoxy) is 1. The summed E-state index contributed by atoms with van der Waals surface area (Å²) in [7, 11) is -0.548. The van der Waals surface area contributed by atoms with Gasteiger partial charge < -0.3 is 14.5 Å². The highest BCUT2D eigenvalue weighted by Gasteiger charge is 2.20. The van der Waals surface area contributed by atoms with Gasteiger partial charge in [-0.2, -0.15) is 10.2 Å². The first-order valence-corrected chi connectivity index (χ1v) is 9.65. The van der Waals surface area contributed by atoms with Crippen LogP contribution < -0.4 is 5.32 Å². The molecule has 1 fully saturated rings. The van der Waals surface area contributed by atoms with Crippen LogP contribution in [0.2, 0.25) is 0 Å². The molecule has 8 nitrogen and oxygen atoms in total.